The van der Waals surface area contributed by atoms with Crippen molar-refractivity contribution < 1.29 is 13.6 Å². The van der Waals surface area contributed by atoms with Crippen LogP contribution in [0.2, 0.25) is 0 Å². The molecule has 2 aromatic heterocycles. The Balaban J connectivity index is 1.96. The molecule has 4 heteroatoms. The second kappa shape index (κ2) is 5.66. The average molecular weight is 285 g/mol. The molecule has 1 aromatic carbocycles. The summed E-state index contributed by atoms with van der Waals surface area (Å²) in [5.74, 6) is 0.820. The van der Waals surface area contributed by atoms with Gasteiger partial charge in [0.25, 0.3) is 0 Å². The minimum atomic E-state index is -0.457. The molecule has 0 aliphatic carbocycles. The van der Waals surface area contributed by atoms with E-state index in [1.807, 2.05) is 37.4 Å². The summed E-state index contributed by atoms with van der Waals surface area (Å²) in [4.78, 5) is 0. The number of hydrogen-bond acceptors (Lipinski definition) is 4. The molecule has 0 aliphatic rings. The van der Waals surface area contributed by atoms with Gasteiger partial charge in [-0.15, -0.1) is 0 Å². The van der Waals surface area contributed by atoms with Crippen LogP contribution in [0.1, 0.15) is 18.9 Å². The molecular weight excluding hydrogens is 266 g/mol. The van der Waals surface area contributed by atoms with Gasteiger partial charge in [0.05, 0.1) is 24.2 Å². The summed E-state index contributed by atoms with van der Waals surface area (Å²) in [7, 11) is 1.94. The summed E-state index contributed by atoms with van der Waals surface area (Å²) in [6.45, 7) is 2.93. The first-order chi connectivity index (χ1) is 10.2. The summed E-state index contributed by atoms with van der Waals surface area (Å²) in [5.41, 5.74) is 1.40. The van der Waals surface area contributed by atoms with Gasteiger partial charge in [-0.05, 0) is 44.8 Å². The van der Waals surface area contributed by atoms with Gasteiger partial charge in [0.1, 0.15) is 16.9 Å². The molecule has 1 N–H and O–H groups in total. The van der Waals surface area contributed by atoms with Gasteiger partial charge in [0, 0.05) is 12.0 Å². The molecule has 0 spiro atoms. The van der Waals surface area contributed by atoms with E-state index in [1.54, 1.807) is 18.8 Å². The summed E-state index contributed by atoms with van der Waals surface area (Å²) < 4.78 is 17.0. The van der Waals surface area contributed by atoms with Gasteiger partial charge < -0.3 is 18.9 Å². The van der Waals surface area contributed by atoms with Crippen molar-refractivity contribution in [1.82, 2.24) is 5.32 Å². The zero-order valence-corrected chi connectivity index (χ0v) is 12.3. The maximum atomic E-state index is 6.36. The lowest BCUT2D eigenvalue weighted by Crippen LogP contribution is -2.32. The molecule has 0 amide bonds. The highest BCUT2D eigenvalue weighted by Gasteiger charge is 2.30. The molecule has 0 fully saturated rings. The third kappa shape index (κ3) is 2.67. The average Bonchev–Trinajstić information content (AvgIpc) is 3.16. The van der Waals surface area contributed by atoms with Crippen LogP contribution in [0.4, 0.5) is 0 Å². The van der Waals surface area contributed by atoms with Crippen LogP contribution < -0.4 is 10.1 Å². The second-order valence-electron chi connectivity index (χ2n) is 5.29. The number of hydrogen-bond donors (Lipinski definition) is 1. The normalized spacial score (nSPS) is 14.2. The molecule has 110 valence electrons. The fourth-order valence-electron chi connectivity index (χ4n) is 2.48. The Morgan fingerprint density at radius 1 is 1.19 bits per heavy atom. The summed E-state index contributed by atoms with van der Waals surface area (Å²) in [5, 5.41) is 4.16. The van der Waals surface area contributed by atoms with Gasteiger partial charge >= 0.3 is 0 Å². The molecule has 0 bridgehead atoms. The van der Waals surface area contributed by atoms with Crippen molar-refractivity contribution >= 4 is 11.0 Å². The van der Waals surface area contributed by atoms with E-state index in [0.29, 0.717) is 0 Å². The Labute approximate surface area is 123 Å². The molecule has 3 aromatic rings. The lowest BCUT2D eigenvalue weighted by molar-refractivity contribution is 0.0788. The molecule has 2 heterocycles. The minimum absolute atomic E-state index is 0.457. The Bertz CT molecular complexity index is 702. The Morgan fingerprint density at radius 3 is 2.86 bits per heavy atom. The van der Waals surface area contributed by atoms with Crippen LogP contribution in [0.5, 0.6) is 5.75 Å². The van der Waals surface area contributed by atoms with Crippen molar-refractivity contribution in [2.45, 2.75) is 18.9 Å². The maximum Gasteiger partial charge on any atom is 0.137 e. The van der Waals surface area contributed by atoms with Crippen molar-refractivity contribution in [2.24, 2.45) is 0 Å². The number of ether oxygens (including phenoxy) is 1. The quantitative estimate of drug-likeness (QED) is 0.745. The predicted octanol–water partition coefficient (Wildman–Crippen LogP) is 3.93. The van der Waals surface area contributed by atoms with Crippen LogP contribution in [0, 0.1) is 0 Å². The largest absolute Gasteiger partial charge is 0.482 e. The van der Waals surface area contributed by atoms with Crippen LogP contribution in [-0.2, 0) is 5.60 Å². The molecule has 21 heavy (non-hydrogen) atoms. The summed E-state index contributed by atoms with van der Waals surface area (Å²) >= 11 is 0. The molecule has 4 nitrogen and oxygen atoms in total. The van der Waals surface area contributed by atoms with Crippen LogP contribution in [0.25, 0.3) is 11.0 Å². The first-order valence-electron chi connectivity index (χ1n) is 7.05. The van der Waals surface area contributed by atoms with Gasteiger partial charge in [-0.1, -0.05) is 6.07 Å². The molecular formula is C17H19NO3. The fraction of sp³-hybridized carbons (Fsp3) is 0.294. The number of fused-ring (bicyclic) bond motifs is 1. The van der Waals surface area contributed by atoms with E-state index in [0.717, 1.165) is 35.2 Å². The molecule has 0 unspecified atom stereocenters. The van der Waals surface area contributed by atoms with Crippen molar-refractivity contribution in [3.05, 3.63) is 54.7 Å². The molecule has 3 rings (SSSR count). The lowest BCUT2D eigenvalue weighted by atomic mass is 9.94. The number of furan rings is 2. The summed E-state index contributed by atoms with van der Waals surface area (Å²) in [6, 6.07) is 9.72. The second-order valence-corrected chi connectivity index (χ2v) is 5.29. The summed E-state index contributed by atoms with van der Waals surface area (Å²) in [6.07, 6.45) is 5.93. The highest BCUT2D eigenvalue weighted by molar-refractivity contribution is 5.83. The first-order valence-corrected chi connectivity index (χ1v) is 7.05. The Hall–Kier alpha value is -2.20. The number of nitrogens with one attached hydrogen (secondary N) is 1. The van der Waals surface area contributed by atoms with Crippen molar-refractivity contribution in [2.75, 3.05) is 13.6 Å². The van der Waals surface area contributed by atoms with E-state index in [-0.39, 0.29) is 0 Å². The minimum Gasteiger partial charge on any atom is -0.482 e. The van der Waals surface area contributed by atoms with E-state index in [1.165, 1.54) is 0 Å². The fourth-order valence-corrected chi connectivity index (χ4v) is 2.48. The van der Waals surface area contributed by atoms with Gasteiger partial charge in [-0.3, -0.25) is 0 Å². The van der Waals surface area contributed by atoms with Crippen molar-refractivity contribution in [3.8, 4) is 5.75 Å². The number of rotatable bonds is 6. The highest BCUT2D eigenvalue weighted by atomic mass is 16.5. The molecule has 0 radical (unpaired) electrons. The van der Waals surface area contributed by atoms with Crippen LogP contribution in [0.3, 0.4) is 0 Å². The zero-order chi connectivity index (χ0) is 14.7. The van der Waals surface area contributed by atoms with Crippen LogP contribution in [0.15, 0.2) is 58.0 Å². The van der Waals surface area contributed by atoms with Gasteiger partial charge in [0.15, 0.2) is 0 Å². The zero-order valence-electron chi connectivity index (χ0n) is 12.3. The molecule has 0 saturated heterocycles. The van der Waals surface area contributed by atoms with Gasteiger partial charge in [-0.2, -0.15) is 0 Å². The smallest absolute Gasteiger partial charge is 0.137 e. The van der Waals surface area contributed by atoms with E-state index in [2.05, 4.69) is 12.2 Å². The third-order valence-electron chi connectivity index (χ3n) is 3.77. The van der Waals surface area contributed by atoms with Gasteiger partial charge in [-0.25, -0.2) is 0 Å². The third-order valence-corrected chi connectivity index (χ3v) is 3.77. The Morgan fingerprint density at radius 2 is 2.10 bits per heavy atom. The van der Waals surface area contributed by atoms with E-state index < -0.39 is 5.60 Å². The van der Waals surface area contributed by atoms with E-state index in [4.69, 9.17) is 13.6 Å². The molecule has 1 atom stereocenters. The highest BCUT2D eigenvalue weighted by Crippen LogP contribution is 2.35. The molecule has 0 aliphatic heterocycles. The lowest BCUT2D eigenvalue weighted by Gasteiger charge is -2.30. The monoisotopic (exact) mass is 285 g/mol. The first kappa shape index (κ1) is 13.8. The van der Waals surface area contributed by atoms with Gasteiger partial charge in [0.2, 0.25) is 0 Å². The predicted molar refractivity (Wildman–Crippen MR) is 81.4 cm³/mol. The standard InChI is InChI=1S/C17H19NO3/c1-17(8-9-18-2,13-6-10-19-12-13)21-16-5-3-4-15-14(16)7-11-20-15/h3-7,10-12,18H,8-9H2,1-2H3/t17-/m1/s1. The van der Waals surface area contributed by atoms with Crippen LogP contribution in [-0.4, -0.2) is 13.6 Å². The van der Waals surface area contributed by atoms with E-state index >= 15 is 0 Å². The SMILES string of the molecule is CNCC[C@@](C)(Oc1cccc2occc12)c1ccoc1. The molecule has 0 saturated carbocycles. The van der Waals surface area contributed by atoms with Crippen molar-refractivity contribution in [3.63, 3.8) is 0 Å². The maximum absolute atomic E-state index is 6.36. The Kier molecular flexibility index (Phi) is 3.71. The topological polar surface area (TPSA) is 47.5 Å². The van der Waals surface area contributed by atoms with Crippen LogP contribution >= 0.6 is 0 Å². The number of benzene rings is 1. The van der Waals surface area contributed by atoms with E-state index in [9.17, 15) is 0 Å². The van der Waals surface area contributed by atoms with Crippen molar-refractivity contribution in [1.29, 1.82) is 0 Å².